The highest BCUT2D eigenvalue weighted by atomic mass is 16.5. The summed E-state index contributed by atoms with van der Waals surface area (Å²) in [5, 5.41) is 0. The largest absolute Gasteiger partial charge is 0.399 e. The van der Waals surface area contributed by atoms with E-state index in [1.54, 1.807) is 0 Å². The molecule has 3 heteroatoms. The molecule has 76 valence electrons. The molecule has 0 aliphatic carbocycles. The Balaban J connectivity index is 2.25. The predicted octanol–water partition coefficient (Wildman–Crippen LogP) is 2.09. The molecule has 3 rings (SSSR count). The fourth-order valence-electron chi connectivity index (χ4n) is 1.99. The standard InChI is InChI=1S/C12H12N2O/c13-10-3-4-12-9(6-10)7-15-8-11-2-1-5-14(11)12/h1-6H,7-8,13H2. The van der Waals surface area contributed by atoms with E-state index in [1.165, 1.54) is 11.4 Å². The Kier molecular flexibility index (Phi) is 1.79. The van der Waals surface area contributed by atoms with Crippen molar-refractivity contribution in [1.82, 2.24) is 4.57 Å². The third kappa shape index (κ3) is 1.32. The van der Waals surface area contributed by atoms with Crippen LogP contribution in [0.5, 0.6) is 0 Å². The first-order valence-electron chi connectivity index (χ1n) is 4.97. The Morgan fingerprint density at radius 1 is 1.20 bits per heavy atom. The molecular formula is C12H12N2O. The first kappa shape index (κ1) is 8.56. The van der Waals surface area contributed by atoms with Gasteiger partial charge in [-0.05, 0) is 30.3 Å². The smallest absolute Gasteiger partial charge is 0.0875 e. The lowest BCUT2D eigenvalue weighted by molar-refractivity contribution is 0.108. The average molecular weight is 200 g/mol. The maximum atomic E-state index is 5.76. The number of anilines is 1. The topological polar surface area (TPSA) is 40.2 Å². The minimum absolute atomic E-state index is 0.627. The second-order valence-corrected chi connectivity index (χ2v) is 3.75. The normalized spacial score (nSPS) is 14.1. The molecule has 0 unspecified atom stereocenters. The molecule has 0 bridgehead atoms. The van der Waals surface area contributed by atoms with Crippen LogP contribution >= 0.6 is 0 Å². The maximum Gasteiger partial charge on any atom is 0.0875 e. The number of aromatic nitrogens is 1. The number of benzene rings is 1. The van der Waals surface area contributed by atoms with E-state index in [9.17, 15) is 0 Å². The number of nitrogen functional groups attached to an aromatic ring is 1. The van der Waals surface area contributed by atoms with Gasteiger partial charge in [-0.1, -0.05) is 0 Å². The van der Waals surface area contributed by atoms with Crippen LogP contribution in [-0.2, 0) is 18.0 Å². The molecule has 2 heterocycles. The SMILES string of the molecule is Nc1ccc2c(c1)COCc1cccn1-2. The van der Waals surface area contributed by atoms with Gasteiger partial charge in [0.05, 0.1) is 18.9 Å². The minimum atomic E-state index is 0.627. The summed E-state index contributed by atoms with van der Waals surface area (Å²) in [6, 6.07) is 10.1. The zero-order valence-electron chi connectivity index (χ0n) is 8.31. The van der Waals surface area contributed by atoms with Crippen LogP contribution < -0.4 is 5.73 Å². The molecule has 1 aromatic carbocycles. The van der Waals surface area contributed by atoms with Crippen molar-refractivity contribution < 1.29 is 4.74 Å². The van der Waals surface area contributed by atoms with Gasteiger partial charge in [-0.2, -0.15) is 0 Å². The van der Waals surface area contributed by atoms with Crippen LogP contribution in [0, 0.1) is 0 Å². The molecule has 0 atom stereocenters. The van der Waals surface area contributed by atoms with E-state index >= 15 is 0 Å². The van der Waals surface area contributed by atoms with Crippen LogP contribution in [0.25, 0.3) is 5.69 Å². The number of rotatable bonds is 0. The molecule has 0 radical (unpaired) electrons. The van der Waals surface area contributed by atoms with Gasteiger partial charge in [-0.3, -0.25) is 0 Å². The van der Waals surface area contributed by atoms with Crippen LogP contribution in [0.15, 0.2) is 36.5 Å². The lowest BCUT2D eigenvalue weighted by Crippen LogP contribution is -1.99. The first-order chi connectivity index (χ1) is 7.34. The van der Waals surface area contributed by atoms with Crippen LogP contribution in [0.2, 0.25) is 0 Å². The zero-order chi connectivity index (χ0) is 10.3. The predicted molar refractivity (Wildman–Crippen MR) is 58.7 cm³/mol. The van der Waals surface area contributed by atoms with Crippen molar-refractivity contribution in [3.05, 3.63) is 47.8 Å². The first-order valence-corrected chi connectivity index (χ1v) is 4.97. The zero-order valence-corrected chi connectivity index (χ0v) is 8.31. The summed E-state index contributed by atoms with van der Waals surface area (Å²) in [6.45, 7) is 1.28. The number of hydrogen-bond acceptors (Lipinski definition) is 2. The van der Waals surface area contributed by atoms with Gasteiger partial charge in [0, 0.05) is 23.1 Å². The molecule has 2 N–H and O–H groups in total. The van der Waals surface area contributed by atoms with Crippen molar-refractivity contribution in [3.8, 4) is 5.69 Å². The minimum Gasteiger partial charge on any atom is -0.399 e. The Hall–Kier alpha value is -1.74. The van der Waals surface area contributed by atoms with Gasteiger partial charge < -0.3 is 15.0 Å². The molecular weight excluding hydrogens is 188 g/mol. The average Bonchev–Trinajstić information content (AvgIpc) is 2.61. The molecule has 0 spiro atoms. The van der Waals surface area contributed by atoms with Gasteiger partial charge in [0.25, 0.3) is 0 Å². The van der Waals surface area contributed by atoms with E-state index in [-0.39, 0.29) is 0 Å². The van der Waals surface area contributed by atoms with Crippen molar-refractivity contribution in [2.24, 2.45) is 0 Å². The van der Waals surface area contributed by atoms with Gasteiger partial charge in [-0.15, -0.1) is 0 Å². The summed E-state index contributed by atoms with van der Waals surface area (Å²) in [4.78, 5) is 0. The highest BCUT2D eigenvalue weighted by Crippen LogP contribution is 2.24. The van der Waals surface area contributed by atoms with E-state index < -0.39 is 0 Å². The highest BCUT2D eigenvalue weighted by Gasteiger charge is 2.12. The van der Waals surface area contributed by atoms with E-state index in [0.29, 0.717) is 13.2 Å². The maximum absolute atomic E-state index is 5.76. The van der Waals surface area contributed by atoms with Crippen molar-refractivity contribution >= 4 is 5.69 Å². The fourth-order valence-corrected chi connectivity index (χ4v) is 1.99. The van der Waals surface area contributed by atoms with Crippen LogP contribution in [0.1, 0.15) is 11.3 Å². The third-order valence-electron chi connectivity index (χ3n) is 2.70. The Labute approximate surface area is 88.1 Å². The molecule has 0 saturated heterocycles. The van der Waals surface area contributed by atoms with Crippen molar-refractivity contribution in [3.63, 3.8) is 0 Å². The number of fused-ring (bicyclic) bond motifs is 3. The molecule has 2 aromatic rings. The monoisotopic (exact) mass is 200 g/mol. The fraction of sp³-hybridized carbons (Fsp3) is 0.167. The van der Waals surface area contributed by atoms with Crippen molar-refractivity contribution in [2.45, 2.75) is 13.2 Å². The van der Waals surface area contributed by atoms with E-state index in [1.807, 2.05) is 24.3 Å². The Morgan fingerprint density at radius 3 is 3.07 bits per heavy atom. The Morgan fingerprint density at radius 2 is 2.13 bits per heavy atom. The summed E-state index contributed by atoms with van der Waals surface area (Å²) in [5.41, 5.74) is 10.0. The summed E-state index contributed by atoms with van der Waals surface area (Å²) in [5.74, 6) is 0. The number of ether oxygens (including phenoxy) is 1. The second kappa shape index (κ2) is 3.14. The van der Waals surface area contributed by atoms with E-state index in [4.69, 9.17) is 10.5 Å². The number of nitrogens with two attached hydrogens (primary N) is 1. The van der Waals surface area contributed by atoms with Gasteiger partial charge in [0.15, 0.2) is 0 Å². The molecule has 0 saturated carbocycles. The molecule has 1 aliphatic rings. The summed E-state index contributed by atoms with van der Waals surface area (Å²) in [6.07, 6.45) is 2.05. The van der Waals surface area contributed by atoms with Crippen LogP contribution in [0.3, 0.4) is 0 Å². The molecule has 1 aliphatic heterocycles. The lowest BCUT2D eigenvalue weighted by Gasteiger charge is -2.09. The van der Waals surface area contributed by atoms with Gasteiger partial charge >= 0.3 is 0 Å². The molecule has 1 aromatic heterocycles. The number of nitrogens with zero attached hydrogens (tertiary/aromatic N) is 1. The van der Waals surface area contributed by atoms with E-state index in [0.717, 1.165) is 11.3 Å². The number of hydrogen-bond donors (Lipinski definition) is 1. The van der Waals surface area contributed by atoms with E-state index in [2.05, 4.69) is 16.8 Å². The highest BCUT2D eigenvalue weighted by molar-refractivity contribution is 5.52. The molecule has 15 heavy (non-hydrogen) atoms. The quantitative estimate of drug-likeness (QED) is 0.661. The summed E-state index contributed by atoms with van der Waals surface area (Å²) < 4.78 is 7.74. The molecule has 0 amide bonds. The molecule has 0 fully saturated rings. The lowest BCUT2D eigenvalue weighted by atomic mass is 10.1. The van der Waals surface area contributed by atoms with Gasteiger partial charge in [0.2, 0.25) is 0 Å². The van der Waals surface area contributed by atoms with Crippen molar-refractivity contribution in [2.75, 3.05) is 5.73 Å². The second-order valence-electron chi connectivity index (χ2n) is 3.75. The summed E-state index contributed by atoms with van der Waals surface area (Å²) in [7, 11) is 0. The van der Waals surface area contributed by atoms with Gasteiger partial charge in [0.1, 0.15) is 0 Å². The van der Waals surface area contributed by atoms with Crippen LogP contribution in [-0.4, -0.2) is 4.57 Å². The van der Waals surface area contributed by atoms with Gasteiger partial charge in [-0.25, -0.2) is 0 Å². The summed E-state index contributed by atoms with van der Waals surface area (Å²) >= 11 is 0. The van der Waals surface area contributed by atoms with Crippen molar-refractivity contribution in [1.29, 1.82) is 0 Å². The molecule has 3 nitrogen and oxygen atoms in total. The Bertz CT molecular complexity index is 502. The van der Waals surface area contributed by atoms with Crippen LogP contribution in [0.4, 0.5) is 5.69 Å². The third-order valence-corrected chi connectivity index (χ3v) is 2.70.